The van der Waals surface area contributed by atoms with E-state index in [0.29, 0.717) is 6.61 Å². The molecule has 1 fully saturated rings. The summed E-state index contributed by atoms with van der Waals surface area (Å²) in [5, 5.41) is 2.24. The van der Waals surface area contributed by atoms with Crippen molar-refractivity contribution in [3.05, 3.63) is 40.7 Å². The van der Waals surface area contributed by atoms with E-state index in [4.69, 9.17) is 26.4 Å². The predicted octanol–water partition coefficient (Wildman–Crippen LogP) is 5.97. The highest BCUT2D eigenvalue weighted by Crippen LogP contribution is 2.35. The van der Waals surface area contributed by atoms with Gasteiger partial charge in [-0.2, -0.15) is 0 Å². The molecule has 3 atom stereocenters. The molecule has 3 rings (SSSR count). The average molecular weight is 404 g/mol. The highest BCUT2D eigenvalue weighted by Gasteiger charge is 2.39. The number of nitrogens with zero attached hydrogens (tertiary/aromatic N) is 1. The Hall–Kier alpha value is -1.27. The van der Waals surface area contributed by atoms with Crippen LogP contribution in [0, 0.1) is 11.6 Å². The van der Waals surface area contributed by atoms with Crippen LogP contribution in [0.25, 0.3) is 10.8 Å². The van der Waals surface area contributed by atoms with E-state index in [1.807, 2.05) is 6.20 Å². The monoisotopic (exact) mass is 403 g/mol. The maximum absolute atomic E-state index is 6.40. The summed E-state index contributed by atoms with van der Waals surface area (Å²) >= 11 is 5.80. The molecule has 1 unspecified atom stereocenters. The first-order valence-corrected chi connectivity index (χ1v) is 10.4. The molecule has 0 N–H and O–H groups in total. The Morgan fingerprint density at radius 1 is 1.11 bits per heavy atom. The third-order valence-electron chi connectivity index (χ3n) is 4.76. The molecule has 5 heteroatoms. The fourth-order valence-electron chi connectivity index (χ4n) is 3.54. The van der Waals surface area contributed by atoms with Gasteiger partial charge in [0.05, 0.1) is 23.9 Å². The van der Waals surface area contributed by atoms with Crippen LogP contribution in [0.3, 0.4) is 0 Å². The molecule has 0 bridgehead atoms. The Bertz CT molecular complexity index is 891. The molecule has 1 aliphatic rings. The van der Waals surface area contributed by atoms with Crippen LogP contribution < -0.4 is 0 Å². The zero-order chi connectivity index (χ0) is 20.7. The van der Waals surface area contributed by atoms with Crippen molar-refractivity contribution in [3.63, 3.8) is 0 Å². The number of hydrogen-bond donors (Lipinski definition) is 0. The van der Waals surface area contributed by atoms with E-state index in [9.17, 15) is 0 Å². The minimum Gasteiger partial charge on any atom is -0.373 e. The van der Waals surface area contributed by atoms with E-state index in [1.165, 1.54) is 5.56 Å². The molecule has 4 nitrogen and oxygen atoms in total. The van der Waals surface area contributed by atoms with Gasteiger partial charge in [0, 0.05) is 18.0 Å². The number of fused-ring (bicyclic) bond motifs is 1. The van der Waals surface area contributed by atoms with E-state index < -0.39 is 0 Å². The first kappa shape index (κ1) is 21.4. The van der Waals surface area contributed by atoms with Gasteiger partial charge in [-0.1, -0.05) is 36.0 Å². The van der Waals surface area contributed by atoms with Crippen molar-refractivity contribution < 1.29 is 14.2 Å². The van der Waals surface area contributed by atoms with Gasteiger partial charge < -0.3 is 18.8 Å². The zero-order valence-corrected chi connectivity index (χ0v) is 18.9. The Morgan fingerprint density at radius 3 is 2.46 bits per heavy atom. The first-order chi connectivity index (χ1) is 12.9. The molecular formula is C23H33NO3S. The Labute approximate surface area is 173 Å². The molecule has 154 valence electrons. The van der Waals surface area contributed by atoms with Crippen LogP contribution in [0.4, 0.5) is 0 Å². The Morgan fingerprint density at radius 2 is 1.82 bits per heavy atom. The van der Waals surface area contributed by atoms with E-state index in [-0.39, 0.29) is 29.6 Å². The molecule has 1 aliphatic heterocycles. The summed E-state index contributed by atoms with van der Waals surface area (Å²) in [4.78, 5) is 0. The van der Waals surface area contributed by atoms with Gasteiger partial charge >= 0.3 is 0 Å². The first-order valence-electron chi connectivity index (χ1n) is 10.0. The molecule has 28 heavy (non-hydrogen) atoms. The largest absolute Gasteiger partial charge is 0.373 e. The maximum Gasteiger partial charge on any atom is 0.137 e. The highest BCUT2D eigenvalue weighted by molar-refractivity contribution is 7.71. The maximum atomic E-state index is 6.40. The summed E-state index contributed by atoms with van der Waals surface area (Å²) in [5.41, 5.74) is 0.769. The van der Waals surface area contributed by atoms with Crippen LogP contribution in [0.2, 0.25) is 0 Å². The van der Waals surface area contributed by atoms with Gasteiger partial charge in [0.15, 0.2) is 0 Å². The second-order valence-electron chi connectivity index (χ2n) is 9.68. The van der Waals surface area contributed by atoms with Gasteiger partial charge in [-0.3, -0.25) is 0 Å². The number of ether oxygens (including phenoxy) is 3. The van der Waals surface area contributed by atoms with Crippen LogP contribution in [0.1, 0.15) is 59.8 Å². The van der Waals surface area contributed by atoms with E-state index in [0.717, 1.165) is 21.8 Å². The molecule has 1 saturated heterocycles. The summed E-state index contributed by atoms with van der Waals surface area (Å²) in [6, 6.07) is 8.47. The lowest BCUT2D eigenvalue weighted by Gasteiger charge is -2.29. The topological polar surface area (TPSA) is 32.6 Å². The molecular weight excluding hydrogens is 370 g/mol. The summed E-state index contributed by atoms with van der Waals surface area (Å²) < 4.78 is 21.6. The molecule has 0 saturated carbocycles. The summed E-state index contributed by atoms with van der Waals surface area (Å²) in [6.45, 7) is 15.0. The second kappa shape index (κ2) is 7.86. The second-order valence-corrected chi connectivity index (χ2v) is 10.1. The van der Waals surface area contributed by atoms with E-state index in [1.54, 1.807) is 0 Å². The normalized spacial score (nSPS) is 23.5. The molecule has 1 aromatic carbocycles. The number of hydrogen-bond acceptors (Lipinski definition) is 4. The quantitative estimate of drug-likeness (QED) is 0.589. The Kier molecular flexibility index (Phi) is 6.02. The summed E-state index contributed by atoms with van der Waals surface area (Å²) in [6.07, 6.45) is 2.47. The minimum atomic E-state index is -0.245. The van der Waals surface area contributed by atoms with Crippen molar-refractivity contribution >= 4 is 23.0 Å². The van der Waals surface area contributed by atoms with Crippen LogP contribution in [0.15, 0.2) is 30.5 Å². The van der Waals surface area contributed by atoms with Gasteiger partial charge in [0.2, 0.25) is 0 Å². The van der Waals surface area contributed by atoms with Crippen molar-refractivity contribution in [1.82, 2.24) is 4.57 Å². The lowest BCUT2D eigenvalue weighted by Crippen LogP contribution is -2.37. The van der Waals surface area contributed by atoms with Crippen molar-refractivity contribution in [1.29, 1.82) is 0 Å². The number of rotatable bonds is 4. The third kappa shape index (κ3) is 5.20. The number of pyridine rings is 1. The summed E-state index contributed by atoms with van der Waals surface area (Å²) in [7, 11) is 0. The van der Waals surface area contributed by atoms with Gasteiger partial charge in [-0.25, -0.2) is 0 Å². The van der Waals surface area contributed by atoms with Crippen molar-refractivity contribution in [3.8, 4) is 0 Å². The van der Waals surface area contributed by atoms with Gasteiger partial charge in [0.25, 0.3) is 0 Å². The molecule has 0 spiro atoms. The third-order valence-corrected chi connectivity index (χ3v) is 5.19. The minimum absolute atomic E-state index is 0.0389. The lowest BCUT2D eigenvalue weighted by molar-refractivity contribution is -0.132. The number of benzene rings is 1. The van der Waals surface area contributed by atoms with Crippen molar-refractivity contribution in [2.75, 3.05) is 6.61 Å². The summed E-state index contributed by atoms with van der Waals surface area (Å²) in [5.74, 6) is 0. The van der Waals surface area contributed by atoms with Crippen molar-refractivity contribution in [2.45, 2.75) is 84.5 Å². The molecule has 2 aromatic rings. The standard InChI is InChI=1S/C23H33NO3S/c1-15-8-9-17-16(12-15)10-11-24(21(17)28)20-13-18(27-23(5,6)7)19(26-20)14-25-22(2,3)4/h8-12,18-20H,13-14H2,1-7H3/t18?,19-,20+/m1/s1. The van der Waals surface area contributed by atoms with Gasteiger partial charge in [-0.15, -0.1) is 0 Å². The predicted molar refractivity (Wildman–Crippen MR) is 116 cm³/mol. The SMILES string of the molecule is Cc1ccc2c(=S)n([C@@H]3CC(OC(C)(C)C)[C@@H](COC(C)(C)C)O3)ccc2c1. The fourth-order valence-corrected chi connectivity index (χ4v) is 3.90. The van der Waals surface area contributed by atoms with Crippen LogP contribution in [-0.2, 0) is 14.2 Å². The van der Waals surface area contributed by atoms with Gasteiger partial charge in [0.1, 0.15) is 17.0 Å². The van der Waals surface area contributed by atoms with Gasteiger partial charge in [-0.05, 0) is 59.9 Å². The fraction of sp³-hybridized carbons (Fsp3) is 0.609. The van der Waals surface area contributed by atoms with E-state index >= 15 is 0 Å². The zero-order valence-electron chi connectivity index (χ0n) is 18.1. The molecule has 2 heterocycles. The van der Waals surface area contributed by atoms with E-state index in [2.05, 4.69) is 77.3 Å². The lowest BCUT2D eigenvalue weighted by atomic mass is 10.1. The van der Waals surface area contributed by atoms with Crippen LogP contribution in [0.5, 0.6) is 0 Å². The van der Waals surface area contributed by atoms with Crippen LogP contribution in [-0.4, -0.2) is 34.6 Å². The molecule has 0 radical (unpaired) electrons. The number of aromatic nitrogens is 1. The van der Waals surface area contributed by atoms with Crippen molar-refractivity contribution in [2.24, 2.45) is 0 Å². The molecule has 0 aliphatic carbocycles. The molecule has 1 aromatic heterocycles. The highest BCUT2D eigenvalue weighted by atomic mass is 32.1. The average Bonchev–Trinajstić information content (AvgIpc) is 2.93. The van der Waals surface area contributed by atoms with Crippen LogP contribution >= 0.6 is 12.2 Å². The smallest absolute Gasteiger partial charge is 0.137 e. The number of aryl methyl sites for hydroxylation is 1. The Balaban J connectivity index is 1.88. The molecule has 0 amide bonds.